The molecular formula is C18H16Cl2N4. The van der Waals surface area contributed by atoms with Gasteiger partial charge in [-0.2, -0.15) is 5.10 Å². The third-order valence-corrected chi connectivity index (χ3v) is 3.82. The molecule has 4 aromatic rings. The van der Waals surface area contributed by atoms with Gasteiger partial charge < -0.3 is 0 Å². The summed E-state index contributed by atoms with van der Waals surface area (Å²) in [5.74, 6) is 0. The number of halogens is 2. The summed E-state index contributed by atoms with van der Waals surface area (Å²) in [6.07, 6.45) is 5.49. The second-order valence-electron chi connectivity index (χ2n) is 5.21. The average Bonchev–Trinajstić information content (AvgIpc) is 3.01. The van der Waals surface area contributed by atoms with Crippen molar-refractivity contribution >= 4 is 35.7 Å². The summed E-state index contributed by atoms with van der Waals surface area (Å²) >= 11 is 0. The lowest BCUT2D eigenvalue weighted by Gasteiger charge is -2.07. The average molecular weight is 359 g/mol. The minimum atomic E-state index is 0. The van der Waals surface area contributed by atoms with Crippen molar-refractivity contribution in [2.45, 2.75) is 6.92 Å². The smallest absolute Gasteiger partial charge is 0.0709 e. The lowest BCUT2D eigenvalue weighted by Crippen LogP contribution is -1.88. The van der Waals surface area contributed by atoms with E-state index in [0.717, 1.165) is 39.0 Å². The molecule has 122 valence electrons. The number of pyridine rings is 2. The molecule has 0 aliphatic heterocycles. The minimum Gasteiger partial charge on any atom is -0.282 e. The Morgan fingerprint density at radius 2 is 1.75 bits per heavy atom. The van der Waals surface area contributed by atoms with Crippen molar-refractivity contribution in [3.8, 4) is 22.4 Å². The number of hydrogen-bond donors (Lipinski definition) is 1. The fourth-order valence-corrected chi connectivity index (χ4v) is 2.70. The fraction of sp³-hybridized carbons (Fsp3) is 0.0556. The van der Waals surface area contributed by atoms with Gasteiger partial charge in [0, 0.05) is 34.6 Å². The first-order chi connectivity index (χ1) is 10.8. The van der Waals surface area contributed by atoms with Gasteiger partial charge in [-0.05, 0) is 42.8 Å². The van der Waals surface area contributed by atoms with Gasteiger partial charge in [-0.25, -0.2) is 0 Å². The molecule has 0 aliphatic carbocycles. The maximum atomic E-state index is 4.46. The van der Waals surface area contributed by atoms with Crippen LogP contribution in [0.5, 0.6) is 0 Å². The Balaban J connectivity index is 0.00000104. The fourth-order valence-electron chi connectivity index (χ4n) is 2.70. The van der Waals surface area contributed by atoms with Crippen LogP contribution in [0.4, 0.5) is 0 Å². The van der Waals surface area contributed by atoms with Gasteiger partial charge in [0.15, 0.2) is 0 Å². The van der Waals surface area contributed by atoms with Crippen molar-refractivity contribution < 1.29 is 0 Å². The predicted octanol–water partition coefficient (Wildman–Crippen LogP) is 4.84. The number of aryl methyl sites for hydroxylation is 1. The van der Waals surface area contributed by atoms with Crippen LogP contribution in [0.25, 0.3) is 33.3 Å². The summed E-state index contributed by atoms with van der Waals surface area (Å²) < 4.78 is 0. The SMILES string of the molecule is Cc1[nH]ncc1-c1ccc2nccc(-c3ccccn3)c2c1.Cl.Cl. The van der Waals surface area contributed by atoms with E-state index in [1.54, 1.807) is 0 Å². The number of nitrogens with zero attached hydrogens (tertiary/aromatic N) is 3. The highest BCUT2D eigenvalue weighted by molar-refractivity contribution is 5.96. The highest BCUT2D eigenvalue weighted by Gasteiger charge is 2.09. The van der Waals surface area contributed by atoms with Crippen LogP contribution in [0.15, 0.2) is 61.1 Å². The van der Waals surface area contributed by atoms with Crippen LogP contribution in [0.3, 0.4) is 0 Å². The van der Waals surface area contributed by atoms with Crippen LogP contribution in [0.2, 0.25) is 0 Å². The summed E-state index contributed by atoms with van der Waals surface area (Å²) in [5, 5.41) is 8.19. The van der Waals surface area contributed by atoms with Crippen LogP contribution >= 0.6 is 24.8 Å². The van der Waals surface area contributed by atoms with Gasteiger partial charge in [-0.3, -0.25) is 15.1 Å². The molecule has 1 aromatic carbocycles. The molecule has 0 bridgehead atoms. The molecule has 0 fully saturated rings. The van der Waals surface area contributed by atoms with E-state index >= 15 is 0 Å². The number of nitrogens with one attached hydrogen (secondary N) is 1. The Bertz CT molecular complexity index is 952. The standard InChI is InChI=1S/C18H14N4.2ClH/c1-12-16(11-21-22-12)13-5-6-18-15(10-13)14(7-9-20-18)17-4-2-3-8-19-17;;/h2-11H,1H3,(H,21,22);2*1H. The Morgan fingerprint density at radius 3 is 2.46 bits per heavy atom. The topological polar surface area (TPSA) is 54.5 Å². The second kappa shape index (κ2) is 7.43. The quantitative estimate of drug-likeness (QED) is 0.557. The van der Waals surface area contributed by atoms with E-state index in [9.17, 15) is 0 Å². The zero-order chi connectivity index (χ0) is 14.9. The van der Waals surface area contributed by atoms with E-state index in [1.807, 2.05) is 55.8 Å². The van der Waals surface area contributed by atoms with Crippen molar-refractivity contribution in [1.82, 2.24) is 20.2 Å². The number of rotatable bonds is 2. The van der Waals surface area contributed by atoms with Gasteiger partial charge >= 0.3 is 0 Å². The molecule has 6 heteroatoms. The molecule has 3 aromatic heterocycles. The van der Waals surface area contributed by atoms with Crippen molar-refractivity contribution in [1.29, 1.82) is 0 Å². The molecule has 4 nitrogen and oxygen atoms in total. The second-order valence-corrected chi connectivity index (χ2v) is 5.21. The van der Waals surface area contributed by atoms with E-state index in [0.29, 0.717) is 0 Å². The zero-order valence-electron chi connectivity index (χ0n) is 12.9. The van der Waals surface area contributed by atoms with Gasteiger partial charge in [-0.1, -0.05) is 12.1 Å². The third-order valence-electron chi connectivity index (χ3n) is 3.82. The van der Waals surface area contributed by atoms with E-state index in [-0.39, 0.29) is 24.8 Å². The maximum absolute atomic E-state index is 4.46. The largest absolute Gasteiger partial charge is 0.282 e. The minimum absolute atomic E-state index is 0. The Labute approximate surface area is 152 Å². The van der Waals surface area contributed by atoms with Crippen LogP contribution < -0.4 is 0 Å². The normalized spacial score (nSPS) is 10.0. The summed E-state index contributed by atoms with van der Waals surface area (Å²) in [5.41, 5.74) is 6.31. The van der Waals surface area contributed by atoms with Crippen molar-refractivity contribution in [3.63, 3.8) is 0 Å². The highest BCUT2D eigenvalue weighted by Crippen LogP contribution is 2.30. The third kappa shape index (κ3) is 3.11. The molecule has 0 spiro atoms. The molecule has 4 rings (SSSR count). The number of hydrogen-bond acceptors (Lipinski definition) is 3. The number of benzene rings is 1. The number of aromatic amines is 1. The molecular weight excluding hydrogens is 343 g/mol. The first-order valence-corrected chi connectivity index (χ1v) is 7.13. The van der Waals surface area contributed by atoms with Crippen LogP contribution in [0, 0.1) is 6.92 Å². The van der Waals surface area contributed by atoms with E-state index in [4.69, 9.17) is 0 Å². The molecule has 24 heavy (non-hydrogen) atoms. The van der Waals surface area contributed by atoms with Gasteiger partial charge in [0.1, 0.15) is 0 Å². The number of H-pyrrole nitrogens is 1. The summed E-state index contributed by atoms with van der Waals surface area (Å²) in [6.45, 7) is 2.02. The molecule has 0 amide bonds. The highest BCUT2D eigenvalue weighted by atomic mass is 35.5. The molecule has 0 aliphatic rings. The van der Waals surface area contributed by atoms with Crippen LogP contribution in [-0.2, 0) is 0 Å². The molecule has 0 atom stereocenters. The summed E-state index contributed by atoms with van der Waals surface area (Å²) in [6, 6.07) is 14.2. The van der Waals surface area contributed by atoms with Gasteiger partial charge in [0.05, 0.1) is 17.4 Å². The monoisotopic (exact) mass is 358 g/mol. The molecule has 3 heterocycles. The lowest BCUT2D eigenvalue weighted by atomic mass is 10.00. The van der Waals surface area contributed by atoms with Gasteiger partial charge in [0.2, 0.25) is 0 Å². The van der Waals surface area contributed by atoms with Crippen LogP contribution in [-0.4, -0.2) is 20.2 Å². The van der Waals surface area contributed by atoms with Crippen LogP contribution in [0.1, 0.15) is 5.69 Å². The summed E-state index contributed by atoms with van der Waals surface area (Å²) in [7, 11) is 0. The van der Waals surface area contributed by atoms with Crippen molar-refractivity contribution in [3.05, 3.63) is 66.7 Å². The Kier molecular flexibility index (Phi) is 5.54. The Morgan fingerprint density at radius 1 is 0.875 bits per heavy atom. The van der Waals surface area contributed by atoms with Crippen molar-refractivity contribution in [2.24, 2.45) is 0 Å². The molecule has 0 saturated carbocycles. The molecule has 0 unspecified atom stereocenters. The number of aromatic nitrogens is 4. The first-order valence-electron chi connectivity index (χ1n) is 7.13. The molecule has 1 N–H and O–H groups in total. The van der Waals surface area contributed by atoms with Gasteiger partial charge in [-0.15, -0.1) is 24.8 Å². The Hall–Kier alpha value is -2.43. The van der Waals surface area contributed by atoms with Crippen molar-refractivity contribution in [2.75, 3.05) is 0 Å². The zero-order valence-corrected chi connectivity index (χ0v) is 14.6. The van der Waals surface area contributed by atoms with E-state index in [2.05, 4.69) is 32.3 Å². The lowest BCUT2D eigenvalue weighted by molar-refractivity contribution is 1.05. The van der Waals surface area contributed by atoms with E-state index in [1.165, 1.54) is 0 Å². The van der Waals surface area contributed by atoms with E-state index < -0.39 is 0 Å². The molecule has 0 saturated heterocycles. The maximum Gasteiger partial charge on any atom is 0.0709 e. The first kappa shape index (κ1) is 17.9. The summed E-state index contributed by atoms with van der Waals surface area (Å²) in [4.78, 5) is 8.92. The predicted molar refractivity (Wildman–Crippen MR) is 102 cm³/mol. The van der Waals surface area contributed by atoms with Gasteiger partial charge in [0.25, 0.3) is 0 Å². The molecule has 0 radical (unpaired) electrons. The number of fused-ring (bicyclic) bond motifs is 1.